The number of nitrogens with zero attached hydrogens (tertiary/aromatic N) is 1. The highest BCUT2D eigenvalue weighted by Crippen LogP contribution is 2.30. The number of halogens is 1. The van der Waals surface area contributed by atoms with E-state index in [9.17, 15) is 0 Å². The second-order valence-corrected chi connectivity index (χ2v) is 4.25. The van der Waals surface area contributed by atoms with E-state index in [2.05, 4.69) is 10.2 Å². The molecule has 1 aliphatic heterocycles. The van der Waals surface area contributed by atoms with Crippen molar-refractivity contribution >= 4 is 22.5 Å². The van der Waals surface area contributed by atoms with Crippen LogP contribution in [0, 0.1) is 0 Å². The SMILES string of the molecule is Clc1cc2cn[nH]c2cc1OC1CCOC1. The van der Waals surface area contributed by atoms with E-state index in [1.165, 1.54) is 0 Å². The number of H-pyrrole nitrogens is 1. The van der Waals surface area contributed by atoms with Gasteiger partial charge in [-0.05, 0) is 6.07 Å². The minimum absolute atomic E-state index is 0.109. The molecule has 1 saturated heterocycles. The largest absolute Gasteiger partial charge is 0.486 e. The highest BCUT2D eigenvalue weighted by molar-refractivity contribution is 6.32. The Hall–Kier alpha value is -1.26. The average molecular weight is 239 g/mol. The van der Waals surface area contributed by atoms with Crippen LogP contribution in [-0.2, 0) is 4.74 Å². The van der Waals surface area contributed by atoms with Crippen LogP contribution in [0.1, 0.15) is 6.42 Å². The Labute approximate surface area is 97.5 Å². The highest BCUT2D eigenvalue weighted by atomic mass is 35.5. The van der Waals surface area contributed by atoms with E-state index >= 15 is 0 Å². The summed E-state index contributed by atoms with van der Waals surface area (Å²) in [5.74, 6) is 0.689. The molecule has 0 saturated carbocycles. The molecule has 1 N–H and O–H groups in total. The Morgan fingerprint density at radius 1 is 1.50 bits per heavy atom. The lowest BCUT2D eigenvalue weighted by molar-refractivity contribution is 0.141. The summed E-state index contributed by atoms with van der Waals surface area (Å²) in [4.78, 5) is 0. The Morgan fingerprint density at radius 2 is 2.44 bits per heavy atom. The van der Waals surface area contributed by atoms with Gasteiger partial charge in [0.15, 0.2) is 0 Å². The summed E-state index contributed by atoms with van der Waals surface area (Å²) in [6.07, 6.45) is 2.76. The van der Waals surface area contributed by atoms with E-state index in [1.54, 1.807) is 6.20 Å². The van der Waals surface area contributed by atoms with Gasteiger partial charge in [0.1, 0.15) is 11.9 Å². The van der Waals surface area contributed by atoms with Crippen molar-refractivity contribution in [2.75, 3.05) is 13.2 Å². The van der Waals surface area contributed by atoms with Crippen LogP contribution in [0.5, 0.6) is 5.75 Å². The van der Waals surface area contributed by atoms with Gasteiger partial charge in [0.25, 0.3) is 0 Å². The van der Waals surface area contributed by atoms with Crippen LogP contribution in [0.3, 0.4) is 0 Å². The van der Waals surface area contributed by atoms with Crippen molar-refractivity contribution in [2.45, 2.75) is 12.5 Å². The van der Waals surface area contributed by atoms with E-state index in [1.807, 2.05) is 12.1 Å². The molecule has 1 aliphatic rings. The van der Waals surface area contributed by atoms with Gasteiger partial charge in [0, 0.05) is 17.9 Å². The molecule has 16 heavy (non-hydrogen) atoms. The number of aromatic nitrogens is 2. The van der Waals surface area contributed by atoms with Crippen LogP contribution < -0.4 is 4.74 Å². The predicted octanol–water partition coefficient (Wildman–Crippen LogP) is 2.38. The minimum Gasteiger partial charge on any atom is -0.486 e. The average Bonchev–Trinajstić information content (AvgIpc) is 2.89. The van der Waals surface area contributed by atoms with E-state index < -0.39 is 0 Å². The lowest BCUT2D eigenvalue weighted by Gasteiger charge is -2.12. The second-order valence-electron chi connectivity index (χ2n) is 3.84. The van der Waals surface area contributed by atoms with Crippen LogP contribution in [0.15, 0.2) is 18.3 Å². The standard InChI is InChI=1S/C11H11ClN2O2/c12-9-3-7-5-13-14-10(7)4-11(9)16-8-1-2-15-6-8/h3-5,8H,1-2,6H2,(H,13,14). The Kier molecular flexibility index (Phi) is 2.46. The third-order valence-electron chi connectivity index (χ3n) is 2.67. The first-order valence-electron chi connectivity index (χ1n) is 5.20. The smallest absolute Gasteiger partial charge is 0.140 e. The molecular formula is C11H11ClN2O2. The van der Waals surface area contributed by atoms with Gasteiger partial charge in [-0.3, -0.25) is 5.10 Å². The maximum atomic E-state index is 6.13. The summed E-state index contributed by atoms with van der Waals surface area (Å²) in [7, 11) is 0. The van der Waals surface area contributed by atoms with Crippen molar-refractivity contribution in [3.8, 4) is 5.75 Å². The maximum Gasteiger partial charge on any atom is 0.140 e. The van der Waals surface area contributed by atoms with Gasteiger partial charge in [-0.25, -0.2) is 0 Å². The number of nitrogens with one attached hydrogen (secondary N) is 1. The Balaban J connectivity index is 1.92. The van der Waals surface area contributed by atoms with E-state index in [0.717, 1.165) is 23.9 Å². The number of hydrogen-bond donors (Lipinski definition) is 1. The zero-order valence-corrected chi connectivity index (χ0v) is 9.33. The number of benzene rings is 1. The van der Waals surface area contributed by atoms with Gasteiger partial charge in [0.05, 0.1) is 29.9 Å². The van der Waals surface area contributed by atoms with Gasteiger partial charge >= 0.3 is 0 Å². The summed E-state index contributed by atoms with van der Waals surface area (Å²) in [6, 6.07) is 3.73. The van der Waals surface area contributed by atoms with Crippen molar-refractivity contribution < 1.29 is 9.47 Å². The van der Waals surface area contributed by atoms with Gasteiger partial charge < -0.3 is 9.47 Å². The van der Waals surface area contributed by atoms with Crippen LogP contribution >= 0.6 is 11.6 Å². The Morgan fingerprint density at radius 3 is 3.25 bits per heavy atom. The maximum absolute atomic E-state index is 6.13. The normalized spacial score (nSPS) is 20.4. The van der Waals surface area contributed by atoms with Gasteiger partial charge in [0.2, 0.25) is 0 Å². The molecule has 0 bridgehead atoms. The molecule has 1 unspecified atom stereocenters. The van der Waals surface area contributed by atoms with Crippen molar-refractivity contribution in [1.82, 2.24) is 10.2 Å². The van der Waals surface area contributed by atoms with Gasteiger partial charge in [-0.15, -0.1) is 0 Å². The summed E-state index contributed by atoms with van der Waals surface area (Å²) in [5.41, 5.74) is 0.929. The molecule has 1 aromatic carbocycles. The fourth-order valence-electron chi connectivity index (χ4n) is 1.82. The zero-order valence-electron chi connectivity index (χ0n) is 8.57. The first-order valence-corrected chi connectivity index (χ1v) is 5.58. The summed E-state index contributed by atoms with van der Waals surface area (Å²) >= 11 is 6.13. The van der Waals surface area contributed by atoms with Gasteiger partial charge in [-0.2, -0.15) is 5.10 Å². The quantitative estimate of drug-likeness (QED) is 0.874. The molecule has 2 aromatic rings. The van der Waals surface area contributed by atoms with Crippen LogP contribution in [0.4, 0.5) is 0 Å². The molecule has 0 amide bonds. The van der Waals surface area contributed by atoms with E-state index in [0.29, 0.717) is 17.4 Å². The predicted molar refractivity (Wildman–Crippen MR) is 61.0 cm³/mol. The number of hydrogen-bond acceptors (Lipinski definition) is 3. The van der Waals surface area contributed by atoms with Crippen molar-refractivity contribution in [1.29, 1.82) is 0 Å². The van der Waals surface area contributed by atoms with E-state index in [4.69, 9.17) is 21.1 Å². The van der Waals surface area contributed by atoms with E-state index in [-0.39, 0.29) is 6.10 Å². The molecule has 1 aromatic heterocycles. The topological polar surface area (TPSA) is 47.1 Å². The fraction of sp³-hybridized carbons (Fsp3) is 0.364. The van der Waals surface area contributed by atoms with Gasteiger partial charge in [-0.1, -0.05) is 11.6 Å². The van der Waals surface area contributed by atoms with Crippen molar-refractivity contribution in [3.05, 3.63) is 23.4 Å². The lowest BCUT2D eigenvalue weighted by atomic mass is 10.2. The third kappa shape index (κ3) is 1.74. The monoisotopic (exact) mass is 238 g/mol. The van der Waals surface area contributed by atoms with Crippen LogP contribution in [0.2, 0.25) is 5.02 Å². The van der Waals surface area contributed by atoms with Crippen LogP contribution in [-0.4, -0.2) is 29.5 Å². The summed E-state index contributed by atoms with van der Waals surface area (Å²) in [5, 5.41) is 8.44. The number of aromatic amines is 1. The number of fused-ring (bicyclic) bond motifs is 1. The zero-order chi connectivity index (χ0) is 11.0. The molecule has 2 heterocycles. The molecule has 0 aliphatic carbocycles. The molecule has 0 spiro atoms. The van der Waals surface area contributed by atoms with Crippen molar-refractivity contribution in [2.24, 2.45) is 0 Å². The molecule has 1 fully saturated rings. The molecule has 5 heteroatoms. The third-order valence-corrected chi connectivity index (χ3v) is 2.97. The number of ether oxygens (including phenoxy) is 2. The Bertz CT molecular complexity index is 506. The molecule has 4 nitrogen and oxygen atoms in total. The second kappa shape index (κ2) is 3.96. The lowest BCUT2D eigenvalue weighted by Crippen LogP contribution is -2.15. The molecule has 0 radical (unpaired) electrons. The fourth-order valence-corrected chi connectivity index (χ4v) is 2.04. The molecule has 3 rings (SSSR count). The molecule has 1 atom stereocenters. The van der Waals surface area contributed by atoms with Crippen LogP contribution in [0.25, 0.3) is 10.9 Å². The summed E-state index contributed by atoms with van der Waals surface area (Å²) in [6.45, 7) is 1.39. The van der Waals surface area contributed by atoms with Crippen molar-refractivity contribution in [3.63, 3.8) is 0 Å². The summed E-state index contributed by atoms with van der Waals surface area (Å²) < 4.78 is 11.0. The number of rotatable bonds is 2. The highest BCUT2D eigenvalue weighted by Gasteiger charge is 2.18. The minimum atomic E-state index is 0.109. The molecular weight excluding hydrogens is 228 g/mol. The first-order chi connectivity index (χ1) is 7.83. The molecule has 84 valence electrons. The first kappa shape index (κ1) is 9.93.